The summed E-state index contributed by atoms with van der Waals surface area (Å²) in [5.41, 5.74) is 0.656. The second kappa shape index (κ2) is 10.3. The van der Waals surface area contributed by atoms with E-state index >= 15 is 0 Å². The predicted octanol–water partition coefficient (Wildman–Crippen LogP) is 4.09. The number of halogens is 1. The number of sulfonamides is 1. The molecule has 0 unspecified atom stereocenters. The van der Waals surface area contributed by atoms with E-state index in [0.29, 0.717) is 22.6 Å². The highest BCUT2D eigenvalue weighted by Gasteiger charge is 2.17. The van der Waals surface area contributed by atoms with E-state index < -0.39 is 21.8 Å². The average Bonchev–Trinajstić information content (AvgIpc) is 2.75. The fraction of sp³-hybridized carbons (Fsp3) is 0.0435. The molecular formula is C23H19BrN2O5S. The summed E-state index contributed by atoms with van der Waals surface area (Å²) in [7, 11) is -3.82. The fourth-order valence-corrected chi connectivity index (χ4v) is 3.43. The Morgan fingerprint density at radius 1 is 0.906 bits per heavy atom. The van der Waals surface area contributed by atoms with Crippen molar-refractivity contribution in [3.05, 3.63) is 100 Å². The van der Waals surface area contributed by atoms with Crippen LogP contribution in [0, 0.1) is 0 Å². The van der Waals surface area contributed by atoms with Crippen molar-refractivity contribution in [2.45, 2.75) is 0 Å². The molecule has 3 aromatic rings. The van der Waals surface area contributed by atoms with E-state index in [4.69, 9.17) is 4.74 Å². The summed E-state index contributed by atoms with van der Waals surface area (Å²) in [6.07, 6.45) is 2.24. The molecule has 0 aromatic heterocycles. The molecule has 0 spiro atoms. The highest BCUT2D eigenvalue weighted by molar-refractivity contribution is 9.10. The quantitative estimate of drug-likeness (QED) is 0.462. The number of para-hydroxylation sites is 1. The Hall–Kier alpha value is -3.43. The van der Waals surface area contributed by atoms with Crippen molar-refractivity contribution in [1.29, 1.82) is 0 Å². The molecule has 0 heterocycles. The Morgan fingerprint density at radius 3 is 2.16 bits per heavy atom. The van der Waals surface area contributed by atoms with Crippen LogP contribution >= 0.6 is 15.9 Å². The summed E-state index contributed by atoms with van der Waals surface area (Å²) in [6, 6.07) is 22.4. The molecule has 0 aliphatic rings. The lowest BCUT2D eigenvalue weighted by Gasteiger charge is -2.11. The molecule has 2 N–H and O–H groups in total. The van der Waals surface area contributed by atoms with Crippen LogP contribution in [0.3, 0.4) is 0 Å². The monoisotopic (exact) mass is 514 g/mol. The van der Waals surface area contributed by atoms with Gasteiger partial charge in [0.2, 0.25) is 10.0 Å². The van der Waals surface area contributed by atoms with Gasteiger partial charge in [0.25, 0.3) is 11.8 Å². The van der Waals surface area contributed by atoms with Crippen molar-refractivity contribution in [3.63, 3.8) is 0 Å². The number of nitrogens with one attached hydrogen (secondary N) is 2. The van der Waals surface area contributed by atoms with Crippen molar-refractivity contribution >= 4 is 43.8 Å². The van der Waals surface area contributed by atoms with Crippen molar-refractivity contribution in [3.8, 4) is 11.5 Å². The zero-order chi connectivity index (χ0) is 23.1. The van der Waals surface area contributed by atoms with Gasteiger partial charge in [0.15, 0.2) is 0 Å². The molecule has 3 aromatic carbocycles. The maximum Gasteiger partial charge on any atom is 0.281 e. The first-order chi connectivity index (χ1) is 15.2. The number of ether oxygens (including phenoxy) is 1. The lowest BCUT2D eigenvalue weighted by Crippen LogP contribution is -2.37. The van der Waals surface area contributed by atoms with E-state index in [9.17, 15) is 18.0 Å². The fourth-order valence-electron chi connectivity index (χ4n) is 2.62. The molecule has 0 radical (unpaired) electrons. The van der Waals surface area contributed by atoms with Gasteiger partial charge in [-0.15, -0.1) is 0 Å². The number of rotatable bonds is 7. The van der Waals surface area contributed by atoms with E-state index in [1.54, 1.807) is 54.6 Å². The summed E-state index contributed by atoms with van der Waals surface area (Å²) in [5, 5.41) is 2.47. The molecule has 0 aliphatic heterocycles. The minimum atomic E-state index is -3.82. The van der Waals surface area contributed by atoms with E-state index in [1.807, 2.05) is 29.0 Å². The van der Waals surface area contributed by atoms with Gasteiger partial charge in [-0.2, -0.15) is 0 Å². The standard InChI is InChI=1S/C23H19BrN2O5S/c1-32(29,30)26-23(28)20(25-22(27)17-7-3-2-4-8-17)15-16-11-13-18(14-12-16)31-21-10-6-5-9-19(21)24/h2-15H,1H3,(H,25,27)(H,26,28)/b20-15+. The lowest BCUT2D eigenvalue weighted by molar-refractivity contribution is -0.116. The van der Waals surface area contributed by atoms with Gasteiger partial charge in [-0.1, -0.05) is 42.5 Å². The summed E-state index contributed by atoms with van der Waals surface area (Å²) >= 11 is 3.41. The lowest BCUT2D eigenvalue weighted by atomic mass is 10.1. The summed E-state index contributed by atoms with van der Waals surface area (Å²) in [4.78, 5) is 25.0. The van der Waals surface area contributed by atoms with Crippen LogP contribution in [0.25, 0.3) is 6.08 Å². The molecule has 0 bridgehead atoms. The van der Waals surface area contributed by atoms with Gasteiger partial charge in [0.1, 0.15) is 17.2 Å². The Labute approximate surface area is 194 Å². The van der Waals surface area contributed by atoms with E-state index in [0.717, 1.165) is 10.7 Å². The second-order valence-electron chi connectivity index (χ2n) is 6.68. The Balaban J connectivity index is 1.84. The molecule has 0 saturated carbocycles. The summed E-state index contributed by atoms with van der Waals surface area (Å²) in [5.74, 6) is -0.302. The van der Waals surface area contributed by atoms with Crippen LogP contribution in [0.5, 0.6) is 11.5 Å². The Morgan fingerprint density at radius 2 is 1.53 bits per heavy atom. The number of benzene rings is 3. The number of hydrogen-bond acceptors (Lipinski definition) is 5. The largest absolute Gasteiger partial charge is 0.456 e. The molecule has 0 fully saturated rings. The highest BCUT2D eigenvalue weighted by atomic mass is 79.9. The van der Waals surface area contributed by atoms with E-state index in [1.165, 1.54) is 6.08 Å². The summed E-state index contributed by atoms with van der Waals surface area (Å²) in [6.45, 7) is 0. The minimum absolute atomic E-state index is 0.219. The molecule has 0 atom stereocenters. The van der Waals surface area contributed by atoms with E-state index in [-0.39, 0.29) is 5.70 Å². The molecule has 7 nitrogen and oxygen atoms in total. The SMILES string of the molecule is CS(=O)(=O)NC(=O)/C(=C\c1ccc(Oc2ccccc2Br)cc1)NC(=O)c1ccccc1. The molecule has 32 heavy (non-hydrogen) atoms. The Bertz CT molecular complexity index is 1260. The smallest absolute Gasteiger partial charge is 0.281 e. The molecule has 0 aliphatic carbocycles. The maximum absolute atomic E-state index is 12.5. The van der Waals surface area contributed by atoms with Gasteiger partial charge >= 0.3 is 0 Å². The van der Waals surface area contributed by atoms with Crippen LogP contribution in [0.4, 0.5) is 0 Å². The van der Waals surface area contributed by atoms with Crippen molar-refractivity contribution in [1.82, 2.24) is 10.0 Å². The third kappa shape index (κ3) is 6.79. The highest BCUT2D eigenvalue weighted by Crippen LogP contribution is 2.29. The van der Waals surface area contributed by atoms with Crippen LogP contribution < -0.4 is 14.8 Å². The first-order valence-corrected chi connectivity index (χ1v) is 12.0. The molecular weight excluding hydrogens is 496 g/mol. The molecule has 9 heteroatoms. The summed E-state index contributed by atoms with van der Waals surface area (Å²) < 4.78 is 31.5. The van der Waals surface area contributed by atoms with Crippen LogP contribution in [0.2, 0.25) is 0 Å². The number of hydrogen-bond donors (Lipinski definition) is 2. The van der Waals surface area contributed by atoms with Gasteiger partial charge in [0, 0.05) is 5.56 Å². The number of carbonyl (C=O) groups is 2. The number of amides is 2. The van der Waals surface area contributed by atoms with E-state index in [2.05, 4.69) is 21.2 Å². The Kier molecular flexibility index (Phi) is 7.45. The van der Waals surface area contributed by atoms with Crippen LogP contribution in [-0.2, 0) is 14.8 Å². The zero-order valence-corrected chi connectivity index (χ0v) is 19.3. The first-order valence-electron chi connectivity index (χ1n) is 9.34. The van der Waals surface area contributed by atoms with Crippen molar-refractivity contribution in [2.24, 2.45) is 0 Å². The predicted molar refractivity (Wildman–Crippen MR) is 126 cm³/mol. The topological polar surface area (TPSA) is 102 Å². The van der Waals surface area contributed by atoms with Gasteiger partial charge in [-0.3, -0.25) is 9.59 Å². The maximum atomic E-state index is 12.5. The van der Waals surface area contributed by atoms with Crippen molar-refractivity contribution < 1.29 is 22.7 Å². The third-order valence-corrected chi connectivity index (χ3v) is 5.27. The third-order valence-electron chi connectivity index (χ3n) is 4.06. The normalized spacial score (nSPS) is 11.5. The van der Waals surface area contributed by atoms with Crippen LogP contribution in [0.15, 0.2) is 89.0 Å². The van der Waals surface area contributed by atoms with Gasteiger partial charge < -0.3 is 10.1 Å². The first kappa shape index (κ1) is 23.2. The van der Waals surface area contributed by atoms with Crippen LogP contribution in [0.1, 0.15) is 15.9 Å². The molecule has 164 valence electrons. The van der Waals surface area contributed by atoms with Gasteiger partial charge in [-0.05, 0) is 64.0 Å². The zero-order valence-electron chi connectivity index (χ0n) is 16.9. The van der Waals surface area contributed by atoms with Crippen molar-refractivity contribution in [2.75, 3.05) is 6.26 Å². The van der Waals surface area contributed by atoms with Gasteiger partial charge in [0.05, 0.1) is 10.7 Å². The molecule has 2 amide bonds. The average molecular weight is 515 g/mol. The number of carbonyl (C=O) groups excluding carboxylic acids is 2. The second-order valence-corrected chi connectivity index (χ2v) is 9.29. The molecule has 0 saturated heterocycles. The van der Waals surface area contributed by atoms with Gasteiger partial charge in [-0.25, -0.2) is 13.1 Å². The van der Waals surface area contributed by atoms with Crippen LogP contribution in [-0.4, -0.2) is 26.5 Å². The molecule has 3 rings (SSSR count). The minimum Gasteiger partial charge on any atom is -0.456 e.